The van der Waals surface area contributed by atoms with E-state index < -0.39 is 0 Å². The van der Waals surface area contributed by atoms with Crippen LogP contribution in [0.1, 0.15) is 29.7 Å². The molecule has 0 aromatic heterocycles. The van der Waals surface area contributed by atoms with Gasteiger partial charge in [-0.25, -0.2) is 0 Å². The lowest BCUT2D eigenvalue weighted by Crippen LogP contribution is -2.04. The number of rotatable bonds is 5. The Morgan fingerprint density at radius 1 is 1.29 bits per heavy atom. The highest BCUT2D eigenvalue weighted by Gasteiger charge is 2.06. The summed E-state index contributed by atoms with van der Waals surface area (Å²) in [5, 5.41) is 9.00. The topological polar surface area (TPSA) is 59.0 Å². The Morgan fingerprint density at radius 3 is 2.76 bits per heavy atom. The van der Waals surface area contributed by atoms with Gasteiger partial charge in [0.2, 0.25) is 0 Å². The molecule has 0 aliphatic rings. The second-order valence-corrected chi connectivity index (χ2v) is 5.84. The summed E-state index contributed by atoms with van der Waals surface area (Å²) in [6.07, 6.45) is 0. The fourth-order valence-electron chi connectivity index (χ4n) is 2.01. The Hall–Kier alpha value is -1.96. The third kappa shape index (κ3) is 4.01. The van der Waals surface area contributed by atoms with Gasteiger partial charge < -0.3 is 10.5 Å². The SMILES string of the molecule is COc1ccc(C#N)cc1CSc1cccc(C(C)N)c1. The maximum absolute atomic E-state index is 9.00. The maximum Gasteiger partial charge on any atom is 0.122 e. The Balaban J connectivity index is 2.16. The fraction of sp³-hybridized carbons (Fsp3) is 0.235. The van der Waals surface area contributed by atoms with Crippen LogP contribution in [0.25, 0.3) is 0 Å². The van der Waals surface area contributed by atoms with Crippen LogP contribution in [-0.4, -0.2) is 7.11 Å². The van der Waals surface area contributed by atoms with Crippen molar-refractivity contribution in [2.45, 2.75) is 23.6 Å². The van der Waals surface area contributed by atoms with Crippen LogP contribution in [0.4, 0.5) is 0 Å². The molecule has 0 saturated heterocycles. The predicted octanol–water partition coefficient (Wildman–Crippen LogP) is 3.88. The van der Waals surface area contributed by atoms with Crippen LogP contribution in [0.5, 0.6) is 5.75 Å². The summed E-state index contributed by atoms with van der Waals surface area (Å²) in [6.45, 7) is 1.98. The summed E-state index contributed by atoms with van der Waals surface area (Å²) in [5.74, 6) is 1.56. The summed E-state index contributed by atoms with van der Waals surface area (Å²) in [5.41, 5.74) is 8.70. The maximum atomic E-state index is 9.00. The monoisotopic (exact) mass is 298 g/mol. The van der Waals surface area contributed by atoms with Crippen LogP contribution in [0.3, 0.4) is 0 Å². The van der Waals surface area contributed by atoms with Crippen molar-refractivity contribution in [1.82, 2.24) is 0 Å². The molecular formula is C17H18N2OS. The minimum absolute atomic E-state index is 0.0296. The highest BCUT2D eigenvalue weighted by atomic mass is 32.2. The van der Waals surface area contributed by atoms with Gasteiger partial charge in [-0.05, 0) is 42.8 Å². The average Bonchev–Trinajstić information content (AvgIpc) is 2.52. The van der Waals surface area contributed by atoms with Gasteiger partial charge in [-0.15, -0.1) is 11.8 Å². The predicted molar refractivity (Wildman–Crippen MR) is 86.3 cm³/mol. The summed E-state index contributed by atoms with van der Waals surface area (Å²) < 4.78 is 5.35. The van der Waals surface area contributed by atoms with Gasteiger partial charge in [0.05, 0.1) is 18.7 Å². The van der Waals surface area contributed by atoms with Gasteiger partial charge in [0.25, 0.3) is 0 Å². The molecule has 0 bridgehead atoms. The Labute approximate surface area is 129 Å². The first-order valence-electron chi connectivity index (χ1n) is 6.69. The first-order valence-corrected chi connectivity index (χ1v) is 7.68. The van der Waals surface area contributed by atoms with E-state index in [-0.39, 0.29) is 6.04 Å². The van der Waals surface area contributed by atoms with E-state index in [0.717, 1.165) is 27.5 Å². The Kier molecular flexibility index (Phi) is 5.26. The molecule has 0 spiro atoms. The smallest absolute Gasteiger partial charge is 0.122 e. The van der Waals surface area contributed by atoms with Crippen LogP contribution in [0.2, 0.25) is 0 Å². The van der Waals surface area contributed by atoms with Crippen molar-refractivity contribution >= 4 is 11.8 Å². The Bertz CT molecular complexity index is 662. The van der Waals surface area contributed by atoms with Gasteiger partial charge in [0.15, 0.2) is 0 Å². The van der Waals surface area contributed by atoms with Crippen LogP contribution in [0, 0.1) is 11.3 Å². The molecular weight excluding hydrogens is 280 g/mol. The first-order chi connectivity index (χ1) is 10.1. The third-order valence-corrected chi connectivity index (χ3v) is 4.23. The van der Waals surface area contributed by atoms with Crippen molar-refractivity contribution in [3.05, 3.63) is 59.2 Å². The molecule has 0 aliphatic carbocycles. The van der Waals surface area contributed by atoms with Gasteiger partial charge in [0, 0.05) is 22.3 Å². The third-order valence-electron chi connectivity index (χ3n) is 3.19. The lowest BCUT2D eigenvalue weighted by molar-refractivity contribution is 0.411. The minimum Gasteiger partial charge on any atom is -0.496 e. The molecule has 2 rings (SSSR count). The van der Waals surface area contributed by atoms with Gasteiger partial charge in [-0.3, -0.25) is 0 Å². The van der Waals surface area contributed by atoms with Gasteiger partial charge in [-0.1, -0.05) is 12.1 Å². The lowest BCUT2D eigenvalue weighted by atomic mass is 10.1. The zero-order valence-corrected chi connectivity index (χ0v) is 13.0. The molecule has 0 radical (unpaired) electrons. The van der Waals surface area contributed by atoms with Crippen molar-refractivity contribution in [2.75, 3.05) is 7.11 Å². The molecule has 2 aromatic rings. The van der Waals surface area contributed by atoms with Gasteiger partial charge >= 0.3 is 0 Å². The van der Waals surface area contributed by atoms with E-state index in [2.05, 4.69) is 18.2 Å². The number of nitriles is 1. The van der Waals surface area contributed by atoms with Crippen LogP contribution < -0.4 is 10.5 Å². The summed E-state index contributed by atoms with van der Waals surface area (Å²) >= 11 is 1.71. The number of hydrogen-bond acceptors (Lipinski definition) is 4. The molecule has 4 heteroatoms. The number of nitrogens with two attached hydrogens (primary N) is 1. The van der Waals surface area contributed by atoms with Crippen LogP contribution in [-0.2, 0) is 5.75 Å². The van der Waals surface area contributed by atoms with E-state index in [1.807, 2.05) is 31.2 Å². The summed E-state index contributed by atoms with van der Waals surface area (Å²) in [7, 11) is 1.65. The van der Waals surface area contributed by atoms with Gasteiger partial charge in [-0.2, -0.15) is 5.26 Å². The molecule has 0 heterocycles. The molecule has 1 atom stereocenters. The van der Waals surface area contributed by atoms with Crippen molar-refractivity contribution in [3.8, 4) is 11.8 Å². The first kappa shape index (κ1) is 15.4. The van der Waals surface area contributed by atoms with E-state index in [0.29, 0.717) is 5.56 Å². The molecule has 3 nitrogen and oxygen atoms in total. The highest BCUT2D eigenvalue weighted by Crippen LogP contribution is 2.29. The lowest BCUT2D eigenvalue weighted by Gasteiger charge is -2.10. The molecule has 0 saturated carbocycles. The highest BCUT2D eigenvalue weighted by molar-refractivity contribution is 7.98. The van der Waals surface area contributed by atoms with E-state index in [9.17, 15) is 0 Å². The van der Waals surface area contributed by atoms with Crippen molar-refractivity contribution in [3.63, 3.8) is 0 Å². The molecule has 2 N–H and O–H groups in total. The summed E-state index contributed by atoms with van der Waals surface area (Å²) in [6, 6.07) is 15.9. The number of hydrogen-bond donors (Lipinski definition) is 1. The fourth-order valence-corrected chi connectivity index (χ4v) is 2.95. The normalized spacial score (nSPS) is 11.7. The second-order valence-electron chi connectivity index (χ2n) is 4.79. The van der Waals surface area contributed by atoms with Gasteiger partial charge in [0.1, 0.15) is 5.75 Å². The molecule has 0 fully saturated rings. The van der Waals surface area contributed by atoms with Crippen molar-refractivity contribution in [1.29, 1.82) is 5.26 Å². The van der Waals surface area contributed by atoms with Crippen LogP contribution >= 0.6 is 11.8 Å². The van der Waals surface area contributed by atoms with E-state index in [1.165, 1.54) is 0 Å². The number of nitrogens with zero attached hydrogens (tertiary/aromatic N) is 1. The largest absolute Gasteiger partial charge is 0.496 e. The standard InChI is InChI=1S/C17H18N2OS/c1-12(19)14-4-3-5-16(9-14)21-11-15-8-13(10-18)6-7-17(15)20-2/h3-9,12H,11,19H2,1-2H3. The van der Waals surface area contributed by atoms with E-state index >= 15 is 0 Å². The molecule has 2 aromatic carbocycles. The van der Waals surface area contributed by atoms with E-state index in [1.54, 1.807) is 24.9 Å². The zero-order chi connectivity index (χ0) is 15.2. The molecule has 0 aliphatic heterocycles. The van der Waals surface area contributed by atoms with Crippen LogP contribution in [0.15, 0.2) is 47.4 Å². The number of methoxy groups -OCH3 is 1. The number of thioether (sulfide) groups is 1. The molecule has 1 unspecified atom stereocenters. The quantitative estimate of drug-likeness (QED) is 0.851. The zero-order valence-electron chi connectivity index (χ0n) is 12.2. The molecule has 21 heavy (non-hydrogen) atoms. The minimum atomic E-state index is 0.0296. The van der Waals surface area contributed by atoms with E-state index in [4.69, 9.17) is 15.7 Å². The molecule has 108 valence electrons. The van der Waals surface area contributed by atoms with Crippen molar-refractivity contribution < 1.29 is 4.74 Å². The molecule has 0 amide bonds. The second kappa shape index (κ2) is 7.16. The van der Waals surface area contributed by atoms with Crippen molar-refractivity contribution in [2.24, 2.45) is 5.73 Å². The average molecular weight is 298 g/mol. The number of ether oxygens (including phenoxy) is 1. The summed E-state index contributed by atoms with van der Waals surface area (Å²) in [4.78, 5) is 1.16. The Morgan fingerprint density at radius 2 is 2.10 bits per heavy atom. The number of benzene rings is 2.